The molecule has 6 heteroatoms. The van der Waals surface area contributed by atoms with E-state index in [1.807, 2.05) is 24.3 Å². The Bertz CT molecular complexity index is 805. The van der Waals surface area contributed by atoms with Gasteiger partial charge in [0.25, 0.3) is 5.56 Å². The molecule has 0 spiro atoms. The zero-order valence-electron chi connectivity index (χ0n) is 10.8. The van der Waals surface area contributed by atoms with Crippen LogP contribution in [0.4, 0.5) is 0 Å². The first-order valence-electron chi connectivity index (χ1n) is 6.05. The lowest BCUT2D eigenvalue weighted by atomic mass is 10.2. The van der Waals surface area contributed by atoms with Crippen molar-refractivity contribution in [1.82, 2.24) is 14.8 Å². The molecule has 0 saturated carbocycles. The second-order valence-corrected chi connectivity index (χ2v) is 4.73. The Morgan fingerprint density at radius 1 is 1.30 bits per heavy atom. The molecule has 1 N–H and O–H groups in total. The lowest BCUT2D eigenvalue weighted by molar-refractivity contribution is 0.414. The van der Waals surface area contributed by atoms with Crippen LogP contribution in [-0.4, -0.2) is 21.9 Å². The number of nitrogens with zero attached hydrogens (tertiary/aromatic N) is 2. The lowest BCUT2D eigenvalue weighted by Crippen LogP contribution is -2.23. The minimum absolute atomic E-state index is 0.190. The van der Waals surface area contributed by atoms with E-state index in [0.717, 1.165) is 11.3 Å². The third kappa shape index (κ3) is 2.16. The summed E-state index contributed by atoms with van der Waals surface area (Å²) < 4.78 is 6.45. The quantitative estimate of drug-likeness (QED) is 0.805. The molecule has 2 heterocycles. The highest BCUT2D eigenvalue weighted by atomic mass is 35.5. The molecule has 20 heavy (non-hydrogen) atoms. The number of ether oxygens (including phenoxy) is 1. The Morgan fingerprint density at radius 3 is 2.75 bits per heavy atom. The first-order valence-corrected chi connectivity index (χ1v) is 6.43. The van der Waals surface area contributed by atoms with Crippen molar-refractivity contribution >= 4 is 22.5 Å². The molecule has 5 nitrogen and oxygen atoms in total. The second-order valence-electron chi connectivity index (χ2n) is 4.37. The molecule has 0 fully saturated rings. The van der Waals surface area contributed by atoms with E-state index in [2.05, 4.69) is 10.1 Å². The Morgan fingerprint density at radius 2 is 2.05 bits per heavy atom. The summed E-state index contributed by atoms with van der Waals surface area (Å²) in [6, 6.07) is 9.20. The number of methoxy groups -OCH3 is 1. The van der Waals surface area contributed by atoms with E-state index in [1.165, 1.54) is 4.68 Å². The lowest BCUT2D eigenvalue weighted by Gasteiger charge is -2.07. The van der Waals surface area contributed by atoms with Gasteiger partial charge < -0.3 is 9.72 Å². The van der Waals surface area contributed by atoms with Crippen molar-refractivity contribution in [1.29, 1.82) is 0 Å². The average molecular weight is 290 g/mol. The zero-order valence-corrected chi connectivity index (χ0v) is 11.5. The molecule has 0 aliphatic rings. The monoisotopic (exact) mass is 289 g/mol. The molecule has 102 valence electrons. The highest BCUT2D eigenvalue weighted by Gasteiger charge is 2.10. The number of fused-ring (bicyclic) bond motifs is 1. The first-order chi connectivity index (χ1) is 9.69. The molecule has 0 saturated heterocycles. The number of nitrogens with one attached hydrogen (secondary N) is 1. The third-order valence-corrected chi connectivity index (χ3v) is 3.40. The maximum atomic E-state index is 12.3. The minimum atomic E-state index is -0.190. The van der Waals surface area contributed by atoms with E-state index in [-0.39, 0.29) is 5.56 Å². The standard InChI is InChI=1S/C14H12ClN3O2/c1-20-10-4-2-9(3-5-10)8-18-14(19)12-11(6-7-16-12)13(15)17-18/h2-7,16H,8H2,1H3. The van der Waals surface area contributed by atoms with Crippen molar-refractivity contribution in [2.75, 3.05) is 7.11 Å². The summed E-state index contributed by atoms with van der Waals surface area (Å²) >= 11 is 6.08. The van der Waals surface area contributed by atoms with Crippen LogP contribution >= 0.6 is 11.6 Å². The van der Waals surface area contributed by atoms with Crippen LogP contribution in [0.15, 0.2) is 41.3 Å². The molecule has 3 rings (SSSR count). The molecule has 0 atom stereocenters. The largest absolute Gasteiger partial charge is 0.497 e. The molecule has 0 radical (unpaired) electrons. The van der Waals surface area contributed by atoms with Crippen molar-refractivity contribution in [3.8, 4) is 5.75 Å². The summed E-state index contributed by atoms with van der Waals surface area (Å²) in [5.74, 6) is 0.770. The van der Waals surface area contributed by atoms with Crippen LogP contribution < -0.4 is 10.3 Å². The van der Waals surface area contributed by atoms with E-state index in [0.29, 0.717) is 22.6 Å². The number of benzene rings is 1. The smallest absolute Gasteiger partial charge is 0.291 e. The highest BCUT2D eigenvalue weighted by Crippen LogP contribution is 2.17. The number of H-pyrrole nitrogens is 1. The van der Waals surface area contributed by atoms with Crippen LogP contribution in [0.3, 0.4) is 0 Å². The number of rotatable bonds is 3. The molecule has 0 bridgehead atoms. The van der Waals surface area contributed by atoms with Gasteiger partial charge in [0, 0.05) is 11.6 Å². The first kappa shape index (κ1) is 12.7. The molecule has 0 aliphatic carbocycles. The molecular formula is C14H12ClN3O2. The van der Waals surface area contributed by atoms with Gasteiger partial charge in [-0.25, -0.2) is 4.68 Å². The van der Waals surface area contributed by atoms with Crippen molar-refractivity contribution in [2.45, 2.75) is 6.54 Å². The van der Waals surface area contributed by atoms with E-state index >= 15 is 0 Å². The molecule has 2 aromatic heterocycles. The number of aromatic nitrogens is 3. The number of aromatic amines is 1. The maximum Gasteiger partial charge on any atom is 0.291 e. The summed E-state index contributed by atoms with van der Waals surface area (Å²) in [6.45, 7) is 0.359. The van der Waals surface area contributed by atoms with Gasteiger partial charge in [-0.15, -0.1) is 0 Å². The average Bonchev–Trinajstić information content (AvgIpc) is 2.95. The van der Waals surface area contributed by atoms with E-state index in [9.17, 15) is 4.79 Å². The Labute approximate surface area is 119 Å². The van der Waals surface area contributed by atoms with E-state index < -0.39 is 0 Å². The molecule has 0 unspecified atom stereocenters. The topological polar surface area (TPSA) is 59.9 Å². The molecule has 0 aliphatic heterocycles. The second kappa shape index (κ2) is 5.02. The van der Waals surface area contributed by atoms with Gasteiger partial charge >= 0.3 is 0 Å². The fourth-order valence-electron chi connectivity index (χ4n) is 2.06. The van der Waals surface area contributed by atoms with Gasteiger partial charge in [0.15, 0.2) is 5.15 Å². The van der Waals surface area contributed by atoms with Gasteiger partial charge in [-0.05, 0) is 23.8 Å². The summed E-state index contributed by atoms with van der Waals surface area (Å²) in [5, 5.41) is 5.08. The Kier molecular flexibility index (Phi) is 3.20. The minimum Gasteiger partial charge on any atom is -0.497 e. The molecular weight excluding hydrogens is 278 g/mol. The van der Waals surface area contributed by atoms with Crippen LogP contribution in [0.1, 0.15) is 5.56 Å². The summed E-state index contributed by atoms with van der Waals surface area (Å²) in [6.07, 6.45) is 1.68. The molecule has 0 amide bonds. The summed E-state index contributed by atoms with van der Waals surface area (Å²) in [5.41, 5.74) is 1.23. The Balaban J connectivity index is 2.01. The number of hydrogen-bond acceptors (Lipinski definition) is 3. The zero-order chi connectivity index (χ0) is 14.1. The predicted molar refractivity (Wildman–Crippen MR) is 77.5 cm³/mol. The van der Waals surface area contributed by atoms with Gasteiger partial charge in [0.05, 0.1) is 13.7 Å². The highest BCUT2D eigenvalue weighted by molar-refractivity contribution is 6.33. The van der Waals surface area contributed by atoms with Crippen molar-refractivity contribution in [3.05, 3.63) is 57.6 Å². The van der Waals surface area contributed by atoms with E-state index in [4.69, 9.17) is 16.3 Å². The maximum absolute atomic E-state index is 12.3. The van der Waals surface area contributed by atoms with Gasteiger partial charge in [-0.2, -0.15) is 5.10 Å². The van der Waals surface area contributed by atoms with E-state index in [1.54, 1.807) is 19.4 Å². The Hall–Kier alpha value is -2.27. The van der Waals surface area contributed by atoms with Crippen molar-refractivity contribution in [2.24, 2.45) is 0 Å². The van der Waals surface area contributed by atoms with Crippen LogP contribution in [0.25, 0.3) is 10.9 Å². The summed E-state index contributed by atoms with van der Waals surface area (Å²) in [4.78, 5) is 15.2. The van der Waals surface area contributed by atoms with Crippen molar-refractivity contribution in [3.63, 3.8) is 0 Å². The van der Waals surface area contributed by atoms with Crippen LogP contribution in [0.2, 0.25) is 5.15 Å². The fourth-order valence-corrected chi connectivity index (χ4v) is 2.31. The van der Waals surface area contributed by atoms with Crippen LogP contribution in [-0.2, 0) is 6.54 Å². The van der Waals surface area contributed by atoms with Gasteiger partial charge in [0.2, 0.25) is 0 Å². The van der Waals surface area contributed by atoms with Gasteiger partial charge in [-0.3, -0.25) is 4.79 Å². The third-order valence-electron chi connectivity index (χ3n) is 3.12. The SMILES string of the molecule is COc1ccc(Cn2nc(Cl)c3cc[nH]c3c2=O)cc1. The van der Waals surface area contributed by atoms with Gasteiger partial charge in [-0.1, -0.05) is 23.7 Å². The predicted octanol–water partition coefficient (Wildman–Crippen LogP) is 2.43. The molecule has 3 aromatic rings. The fraction of sp³-hybridized carbons (Fsp3) is 0.143. The van der Waals surface area contributed by atoms with Crippen LogP contribution in [0, 0.1) is 0 Å². The van der Waals surface area contributed by atoms with Gasteiger partial charge in [0.1, 0.15) is 11.3 Å². The number of halogens is 1. The van der Waals surface area contributed by atoms with Crippen LogP contribution in [0.5, 0.6) is 5.75 Å². The van der Waals surface area contributed by atoms with Crippen molar-refractivity contribution < 1.29 is 4.74 Å². The normalized spacial score (nSPS) is 10.9. The number of hydrogen-bond donors (Lipinski definition) is 1. The molecule has 1 aromatic carbocycles. The summed E-state index contributed by atoms with van der Waals surface area (Å²) in [7, 11) is 1.61.